The second kappa shape index (κ2) is 5.50. The monoisotopic (exact) mass is 285 g/mol. The molecular formula is C12H19N3O3S. The van der Waals surface area contributed by atoms with E-state index in [-0.39, 0.29) is 23.6 Å². The number of hydrogen-bond acceptors (Lipinski definition) is 6. The molecule has 1 saturated heterocycles. The SMILES string of the molecule is CCc1noc(C2(O)CCN(C(=O)C(C)SC)C2)n1. The third-order valence-electron chi connectivity index (χ3n) is 3.44. The number of aromatic nitrogens is 2. The topological polar surface area (TPSA) is 79.5 Å². The van der Waals surface area contributed by atoms with Crippen molar-refractivity contribution in [1.29, 1.82) is 0 Å². The average molecular weight is 285 g/mol. The first-order valence-corrected chi connectivity index (χ1v) is 7.66. The van der Waals surface area contributed by atoms with Gasteiger partial charge >= 0.3 is 0 Å². The normalized spacial score (nSPS) is 24.7. The van der Waals surface area contributed by atoms with Gasteiger partial charge in [-0.3, -0.25) is 4.79 Å². The van der Waals surface area contributed by atoms with Crippen molar-refractivity contribution < 1.29 is 14.4 Å². The van der Waals surface area contributed by atoms with Crippen LogP contribution in [0, 0.1) is 0 Å². The van der Waals surface area contributed by atoms with Gasteiger partial charge in [0.2, 0.25) is 5.91 Å². The standard InChI is InChI=1S/C12H19N3O3S/c1-4-9-13-11(18-14-9)12(17)5-6-15(7-12)10(16)8(2)19-3/h8,17H,4-7H2,1-3H3. The smallest absolute Gasteiger partial charge is 0.260 e. The molecule has 1 fully saturated rings. The summed E-state index contributed by atoms with van der Waals surface area (Å²) >= 11 is 1.50. The first kappa shape index (κ1) is 14.3. The number of nitrogens with zero attached hydrogens (tertiary/aromatic N) is 3. The van der Waals surface area contributed by atoms with Crippen molar-refractivity contribution in [2.45, 2.75) is 37.5 Å². The van der Waals surface area contributed by atoms with Crippen molar-refractivity contribution in [2.24, 2.45) is 0 Å². The van der Waals surface area contributed by atoms with Crippen LogP contribution in [0.3, 0.4) is 0 Å². The maximum Gasteiger partial charge on any atom is 0.260 e. The molecule has 1 aromatic rings. The lowest BCUT2D eigenvalue weighted by atomic mass is 10.0. The second-order valence-electron chi connectivity index (χ2n) is 4.79. The molecular weight excluding hydrogens is 266 g/mol. The molecule has 6 nitrogen and oxygen atoms in total. The molecule has 0 aromatic carbocycles. The summed E-state index contributed by atoms with van der Waals surface area (Å²) in [5.74, 6) is 0.834. The van der Waals surface area contributed by atoms with Crippen LogP contribution in [0.25, 0.3) is 0 Å². The number of likely N-dealkylation sites (tertiary alicyclic amines) is 1. The third kappa shape index (κ3) is 2.76. The molecule has 2 unspecified atom stereocenters. The van der Waals surface area contributed by atoms with Crippen molar-refractivity contribution in [2.75, 3.05) is 19.3 Å². The number of thioether (sulfide) groups is 1. The minimum atomic E-state index is -1.20. The lowest BCUT2D eigenvalue weighted by molar-refractivity contribution is -0.130. The number of amides is 1. The summed E-state index contributed by atoms with van der Waals surface area (Å²) in [5, 5.41) is 14.2. The summed E-state index contributed by atoms with van der Waals surface area (Å²) in [5.41, 5.74) is -1.20. The maximum atomic E-state index is 12.1. The molecule has 19 heavy (non-hydrogen) atoms. The summed E-state index contributed by atoms with van der Waals surface area (Å²) in [4.78, 5) is 17.9. The fourth-order valence-corrected chi connectivity index (χ4v) is 2.45. The minimum Gasteiger partial charge on any atom is -0.378 e. The number of carbonyl (C=O) groups is 1. The summed E-state index contributed by atoms with van der Waals surface area (Å²) in [7, 11) is 0. The molecule has 1 aromatic heterocycles. The van der Waals surface area contributed by atoms with Crippen LogP contribution in [0.2, 0.25) is 0 Å². The molecule has 7 heteroatoms. The number of carbonyl (C=O) groups excluding carboxylic acids is 1. The lowest BCUT2D eigenvalue weighted by Gasteiger charge is -2.21. The molecule has 0 spiro atoms. The average Bonchev–Trinajstić information content (AvgIpc) is 3.04. The zero-order chi connectivity index (χ0) is 14.0. The highest BCUT2D eigenvalue weighted by Crippen LogP contribution is 2.31. The Balaban J connectivity index is 2.09. The Morgan fingerprint density at radius 3 is 3.00 bits per heavy atom. The molecule has 2 heterocycles. The van der Waals surface area contributed by atoms with Crippen LogP contribution in [0.4, 0.5) is 0 Å². The summed E-state index contributed by atoms with van der Waals surface area (Å²) in [6.45, 7) is 4.53. The molecule has 0 radical (unpaired) electrons. The lowest BCUT2D eigenvalue weighted by Crippen LogP contribution is -2.38. The van der Waals surface area contributed by atoms with E-state index in [2.05, 4.69) is 10.1 Å². The number of rotatable bonds is 4. The fraction of sp³-hybridized carbons (Fsp3) is 0.750. The largest absolute Gasteiger partial charge is 0.378 e. The zero-order valence-electron chi connectivity index (χ0n) is 11.4. The van der Waals surface area contributed by atoms with Crippen LogP contribution in [-0.2, 0) is 16.8 Å². The maximum absolute atomic E-state index is 12.1. The van der Waals surface area contributed by atoms with E-state index in [1.807, 2.05) is 20.1 Å². The van der Waals surface area contributed by atoms with E-state index in [4.69, 9.17) is 4.52 Å². The summed E-state index contributed by atoms with van der Waals surface area (Å²) in [6, 6.07) is 0. The van der Waals surface area contributed by atoms with E-state index >= 15 is 0 Å². The molecule has 106 valence electrons. The highest BCUT2D eigenvalue weighted by Gasteiger charge is 2.44. The Labute approximate surface area is 116 Å². The van der Waals surface area contributed by atoms with Crippen molar-refractivity contribution in [1.82, 2.24) is 15.0 Å². The van der Waals surface area contributed by atoms with Crippen molar-refractivity contribution in [3.63, 3.8) is 0 Å². The molecule has 0 saturated carbocycles. The van der Waals surface area contributed by atoms with Crippen LogP contribution in [-0.4, -0.2) is 50.6 Å². The Morgan fingerprint density at radius 1 is 1.68 bits per heavy atom. The van der Waals surface area contributed by atoms with Gasteiger partial charge in [0.15, 0.2) is 11.4 Å². The molecule has 0 aliphatic carbocycles. The van der Waals surface area contributed by atoms with Gasteiger partial charge in [-0.15, -0.1) is 0 Å². The van der Waals surface area contributed by atoms with Gasteiger partial charge in [-0.25, -0.2) is 0 Å². The highest BCUT2D eigenvalue weighted by molar-refractivity contribution is 7.99. The Morgan fingerprint density at radius 2 is 2.42 bits per heavy atom. The van der Waals surface area contributed by atoms with Gasteiger partial charge in [0.1, 0.15) is 0 Å². The molecule has 2 atom stereocenters. The van der Waals surface area contributed by atoms with E-state index in [1.54, 1.807) is 4.90 Å². The van der Waals surface area contributed by atoms with E-state index < -0.39 is 5.60 Å². The van der Waals surface area contributed by atoms with Crippen molar-refractivity contribution in [3.05, 3.63) is 11.7 Å². The second-order valence-corrected chi connectivity index (χ2v) is 5.97. The molecule has 1 N–H and O–H groups in total. The van der Waals surface area contributed by atoms with E-state index in [9.17, 15) is 9.90 Å². The van der Waals surface area contributed by atoms with E-state index in [0.717, 1.165) is 0 Å². The number of hydrogen-bond donors (Lipinski definition) is 1. The third-order valence-corrected chi connectivity index (χ3v) is 4.35. The predicted octanol–water partition coefficient (Wildman–Crippen LogP) is 0.803. The highest BCUT2D eigenvalue weighted by atomic mass is 32.2. The fourth-order valence-electron chi connectivity index (χ4n) is 2.10. The van der Waals surface area contributed by atoms with Crippen LogP contribution >= 0.6 is 11.8 Å². The van der Waals surface area contributed by atoms with E-state index in [0.29, 0.717) is 25.2 Å². The van der Waals surface area contributed by atoms with Crippen molar-refractivity contribution >= 4 is 17.7 Å². The zero-order valence-corrected chi connectivity index (χ0v) is 12.2. The minimum absolute atomic E-state index is 0.0404. The van der Waals surface area contributed by atoms with Crippen LogP contribution < -0.4 is 0 Å². The van der Waals surface area contributed by atoms with E-state index in [1.165, 1.54) is 11.8 Å². The van der Waals surface area contributed by atoms with Gasteiger partial charge in [0.05, 0.1) is 11.8 Å². The van der Waals surface area contributed by atoms with Gasteiger partial charge < -0.3 is 14.5 Å². The van der Waals surface area contributed by atoms with Crippen LogP contribution in [0.1, 0.15) is 32.0 Å². The first-order valence-electron chi connectivity index (χ1n) is 6.37. The molecule has 1 aliphatic heterocycles. The molecule has 2 rings (SSSR count). The number of aliphatic hydroxyl groups is 1. The summed E-state index contributed by atoms with van der Waals surface area (Å²) < 4.78 is 5.10. The Hall–Kier alpha value is -1.08. The quantitative estimate of drug-likeness (QED) is 0.881. The summed E-state index contributed by atoms with van der Waals surface area (Å²) in [6.07, 6.45) is 2.99. The number of β-amino-alcohol motifs (C(OH)–C–C–N with tert-alkyl or cyclic N) is 1. The van der Waals surface area contributed by atoms with Crippen LogP contribution in [0.15, 0.2) is 4.52 Å². The van der Waals surface area contributed by atoms with Gasteiger partial charge in [-0.05, 0) is 13.2 Å². The van der Waals surface area contributed by atoms with Gasteiger partial charge in [0, 0.05) is 19.4 Å². The number of aryl methyl sites for hydroxylation is 1. The van der Waals surface area contributed by atoms with Gasteiger partial charge in [-0.1, -0.05) is 12.1 Å². The Kier molecular flexibility index (Phi) is 4.15. The van der Waals surface area contributed by atoms with Gasteiger partial charge in [-0.2, -0.15) is 16.7 Å². The molecule has 1 aliphatic rings. The molecule has 0 bridgehead atoms. The van der Waals surface area contributed by atoms with Gasteiger partial charge in [0.25, 0.3) is 5.89 Å². The van der Waals surface area contributed by atoms with Crippen LogP contribution in [0.5, 0.6) is 0 Å². The van der Waals surface area contributed by atoms with Crippen molar-refractivity contribution in [3.8, 4) is 0 Å². The first-order chi connectivity index (χ1) is 9.00. The predicted molar refractivity (Wildman–Crippen MR) is 71.7 cm³/mol. The Bertz CT molecular complexity index is 465. The molecule has 1 amide bonds.